The third kappa shape index (κ3) is 3.27. The number of anilines is 1. The minimum absolute atomic E-state index is 0.0121. The fourth-order valence-corrected chi connectivity index (χ4v) is 7.34. The van der Waals surface area contributed by atoms with Crippen LogP contribution in [-0.2, 0) is 24.7 Å². The normalized spacial score (nSPS) is 27.0. The molecule has 0 N–H and O–H groups in total. The van der Waals surface area contributed by atoms with Gasteiger partial charge in [-0.1, -0.05) is 0 Å². The summed E-state index contributed by atoms with van der Waals surface area (Å²) in [6.45, 7) is 0.664. The summed E-state index contributed by atoms with van der Waals surface area (Å²) in [6, 6.07) is 5.89. The van der Waals surface area contributed by atoms with E-state index in [-0.39, 0.29) is 34.8 Å². The van der Waals surface area contributed by atoms with Crippen molar-refractivity contribution in [3.8, 4) is 0 Å². The third-order valence-corrected chi connectivity index (χ3v) is 9.00. The Balaban J connectivity index is 1.60. The number of benzene rings is 1. The van der Waals surface area contributed by atoms with Gasteiger partial charge in [0.2, 0.25) is 15.9 Å². The van der Waals surface area contributed by atoms with Crippen molar-refractivity contribution in [2.45, 2.75) is 36.6 Å². The van der Waals surface area contributed by atoms with Crippen molar-refractivity contribution in [2.24, 2.45) is 5.92 Å². The molecular weight excluding hydrogens is 376 g/mol. The highest BCUT2D eigenvalue weighted by Gasteiger charge is 2.46. The number of rotatable bonds is 4. The predicted octanol–water partition coefficient (Wildman–Crippen LogP) is 1.01. The van der Waals surface area contributed by atoms with Gasteiger partial charge in [0.15, 0.2) is 9.84 Å². The zero-order chi connectivity index (χ0) is 18.5. The number of carbonyl (C=O) groups excluding carboxylic acids is 1. The Hall–Kier alpha value is -1.45. The van der Waals surface area contributed by atoms with Crippen LogP contribution in [0.2, 0.25) is 0 Å². The van der Waals surface area contributed by atoms with E-state index in [0.29, 0.717) is 18.7 Å². The molecule has 0 spiro atoms. The first-order chi connectivity index (χ1) is 12.3. The zero-order valence-corrected chi connectivity index (χ0v) is 16.0. The van der Waals surface area contributed by atoms with E-state index in [2.05, 4.69) is 0 Å². The van der Waals surface area contributed by atoms with Crippen LogP contribution >= 0.6 is 0 Å². The molecule has 1 amide bonds. The Bertz CT molecular complexity index is 920. The predicted molar refractivity (Wildman–Crippen MR) is 97.1 cm³/mol. The number of hydrogen-bond donors (Lipinski definition) is 0. The lowest BCUT2D eigenvalue weighted by molar-refractivity contribution is -0.117. The monoisotopic (exact) mass is 398 g/mol. The molecule has 1 aromatic rings. The van der Waals surface area contributed by atoms with Crippen molar-refractivity contribution >= 4 is 31.5 Å². The molecule has 0 aromatic heterocycles. The molecule has 142 valence electrons. The maximum atomic E-state index is 13.1. The molecule has 0 bridgehead atoms. The summed E-state index contributed by atoms with van der Waals surface area (Å²) in [7, 11) is -6.94. The van der Waals surface area contributed by atoms with Crippen LogP contribution in [0.5, 0.6) is 0 Å². The lowest BCUT2D eigenvalue weighted by Crippen LogP contribution is -2.52. The molecule has 7 nitrogen and oxygen atoms in total. The van der Waals surface area contributed by atoms with Gasteiger partial charge in [-0.25, -0.2) is 16.8 Å². The average Bonchev–Trinajstić information content (AvgIpc) is 3.35. The molecule has 3 fully saturated rings. The topological polar surface area (TPSA) is 91.8 Å². The second-order valence-electron chi connectivity index (χ2n) is 7.28. The van der Waals surface area contributed by atoms with Crippen LogP contribution in [-0.4, -0.2) is 57.7 Å². The highest BCUT2D eigenvalue weighted by atomic mass is 32.2. The van der Waals surface area contributed by atoms with E-state index < -0.39 is 25.9 Å². The van der Waals surface area contributed by atoms with Gasteiger partial charge < -0.3 is 4.90 Å². The highest BCUT2D eigenvalue weighted by molar-refractivity contribution is 7.92. The molecule has 1 saturated carbocycles. The van der Waals surface area contributed by atoms with Gasteiger partial charge in [0, 0.05) is 31.2 Å². The van der Waals surface area contributed by atoms with Gasteiger partial charge in [-0.15, -0.1) is 0 Å². The van der Waals surface area contributed by atoms with Crippen molar-refractivity contribution < 1.29 is 21.6 Å². The average molecular weight is 399 g/mol. The smallest absolute Gasteiger partial charge is 0.243 e. The third-order valence-electron chi connectivity index (χ3n) is 5.41. The highest BCUT2D eigenvalue weighted by Crippen LogP contribution is 2.39. The molecule has 1 aliphatic carbocycles. The molecule has 2 heterocycles. The van der Waals surface area contributed by atoms with Crippen LogP contribution in [0.3, 0.4) is 0 Å². The Morgan fingerprint density at radius 3 is 2.31 bits per heavy atom. The van der Waals surface area contributed by atoms with E-state index in [1.165, 1.54) is 16.4 Å². The van der Waals surface area contributed by atoms with E-state index in [9.17, 15) is 21.6 Å². The minimum Gasteiger partial charge on any atom is -0.312 e. The first kappa shape index (κ1) is 17.9. The second kappa shape index (κ2) is 6.31. The fourth-order valence-electron chi connectivity index (χ4n) is 3.83. The number of sulfonamides is 1. The summed E-state index contributed by atoms with van der Waals surface area (Å²) < 4.78 is 51.5. The summed E-state index contributed by atoms with van der Waals surface area (Å²) in [6.07, 6.45) is 3.08. The number of carbonyl (C=O) groups is 1. The van der Waals surface area contributed by atoms with Crippen LogP contribution in [0, 0.1) is 5.92 Å². The van der Waals surface area contributed by atoms with Crippen molar-refractivity contribution in [1.29, 1.82) is 0 Å². The van der Waals surface area contributed by atoms with Crippen molar-refractivity contribution in [3.63, 3.8) is 0 Å². The first-order valence-corrected chi connectivity index (χ1v) is 12.2. The Labute approximate surface area is 153 Å². The van der Waals surface area contributed by atoms with Gasteiger partial charge in [0.05, 0.1) is 16.4 Å². The summed E-state index contributed by atoms with van der Waals surface area (Å²) >= 11 is 0. The summed E-state index contributed by atoms with van der Waals surface area (Å²) in [5.74, 6) is -0.0236. The number of hydrogen-bond acceptors (Lipinski definition) is 5. The summed E-state index contributed by atoms with van der Waals surface area (Å²) in [4.78, 5) is 13.6. The van der Waals surface area contributed by atoms with E-state index in [0.717, 1.165) is 19.3 Å². The number of nitrogens with zero attached hydrogens (tertiary/aromatic N) is 2. The minimum atomic E-state index is -3.75. The number of sulfone groups is 1. The van der Waals surface area contributed by atoms with Gasteiger partial charge in [0.25, 0.3) is 0 Å². The molecule has 0 unspecified atom stereocenters. The Morgan fingerprint density at radius 1 is 1.04 bits per heavy atom. The van der Waals surface area contributed by atoms with E-state index in [1.54, 1.807) is 17.0 Å². The molecule has 2 aliphatic heterocycles. The molecule has 2 saturated heterocycles. The van der Waals surface area contributed by atoms with Gasteiger partial charge in [-0.3, -0.25) is 4.79 Å². The van der Waals surface area contributed by atoms with Crippen molar-refractivity contribution in [1.82, 2.24) is 4.31 Å². The maximum Gasteiger partial charge on any atom is 0.243 e. The SMILES string of the molecule is O=C1CCCN1c1ccc(S(=O)(=O)N2CCS(=O)(=O)C[C@H]2C2CC2)cc1. The molecule has 4 rings (SSSR count). The van der Waals surface area contributed by atoms with Crippen LogP contribution in [0.1, 0.15) is 25.7 Å². The van der Waals surface area contributed by atoms with E-state index in [1.807, 2.05) is 0 Å². The molecule has 1 aromatic carbocycles. The molecule has 3 aliphatic rings. The Kier molecular flexibility index (Phi) is 4.36. The molecule has 26 heavy (non-hydrogen) atoms. The molecular formula is C17H22N2O5S2. The summed E-state index contributed by atoms with van der Waals surface area (Å²) in [5, 5.41) is 0. The van der Waals surface area contributed by atoms with Crippen molar-refractivity contribution in [2.75, 3.05) is 29.5 Å². The summed E-state index contributed by atoms with van der Waals surface area (Å²) in [5.41, 5.74) is 0.700. The largest absolute Gasteiger partial charge is 0.312 e. The fraction of sp³-hybridized carbons (Fsp3) is 0.588. The number of amides is 1. The quantitative estimate of drug-likeness (QED) is 0.755. The van der Waals surface area contributed by atoms with Crippen molar-refractivity contribution in [3.05, 3.63) is 24.3 Å². The molecule has 1 atom stereocenters. The van der Waals surface area contributed by atoms with E-state index >= 15 is 0 Å². The van der Waals surface area contributed by atoms with Gasteiger partial charge >= 0.3 is 0 Å². The Morgan fingerprint density at radius 2 is 1.73 bits per heavy atom. The van der Waals surface area contributed by atoms with Crippen LogP contribution in [0.15, 0.2) is 29.2 Å². The molecule has 9 heteroatoms. The van der Waals surface area contributed by atoms with Crippen LogP contribution in [0.25, 0.3) is 0 Å². The molecule has 0 radical (unpaired) electrons. The first-order valence-electron chi connectivity index (χ1n) is 8.91. The van der Waals surface area contributed by atoms with Crippen LogP contribution in [0.4, 0.5) is 5.69 Å². The second-order valence-corrected chi connectivity index (χ2v) is 11.4. The zero-order valence-electron chi connectivity index (χ0n) is 14.4. The van der Waals surface area contributed by atoms with Gasteiger partial charge in [0.1, 0.15) is 0 Å². The van der Waals surface area contributed by atoms with E-state index in [4.69, 9.17) is 0 Å². The lowest BCUT2D eigenvalue weighted by atomic mass is 10.2. The van der Waals surface area contributed by atoms with Crippen LogP contribution < -0.4 is 4.90 Å². The lowest BCUT2D eigenvalue weighted by Gasteiger charge is -2.34. The standard InChI is InChI=1S/C17H22N2O5S2/c20-17-2-1-9-18(17)14-5-7-15(8-6-14)26(23,24)19-10-11-25(21,22)12-16(19)13-3-4-13/h5-8,13,16H,1-4,9-12H2/t16-/m0/s1. The van der Waals surface area contributed by atoms with Gasteiger partial charge in [-0.2, -0.15) is 4.31 Å². The maximum absolute atomic E-state index is 13.1. The van der Waals surface area contributed by atoms with Gasteiger partial charge in [-0.05, 0) is 49.4 Å².